The van der Waals surface area contributed by atoms with Gasteiger partial charge in [-0.2, -0.15) is 4.31 Å². The molecule has 134 valence electrons. The van der Waals surface area contributed by atoms with Gasteiger partial charge in [0.05, 0.1) is 0 Å². The molecule has 0 spiro atoms. The zero-order chi connectivity index (χ0) is 17.9. The molecular formula is C16H17FN2O4S2. The minimum Gasteiger partial charge on any atom is -0.484 e. The van der Waals surface area contributed by atoms with Crippen LogP contribution in [0.4, 0.5) is 4.39 Å². The fourth-order valence-electron chi connectivity index (χ4n) is 2.48. The number of carbonyl (C=O) groups excluding carboxylic acids is 1. The van der Waals surface area contributed by atoms with E-state index in [-0.39, 0.29) is 31.4 Å². The summed E-state index contributed by atoms with van der Waals surface area (Å²) in [6.07, 6.45) is 0. The minimum absolute atomic E-state index is 0.163. The monoisotopic (exact) mass is 384 g/mol. The SMILES string of the molecule is O=C(COc1ccc(F)cc1)N1CCN(S(=O)(=O)c2cccs2)CC1. The maximum atomic E-state index is 12.8. The fourth-order valence-corrected chi connectivity index (χ4v) is 5.05. The molecule has 2 heterocycles. The molecular weight excluding hydrogens is 367 g/mol. The third-order valence-electron chi connectivity index (χ3n) is 3.86. The second-order valence-corrected chi connectivity index (χ2v) is 8.57. The minimum atomic E-state index is -3.48. The lowest BCUT2D eigenvalue weighted by molar-refractivity contribution is -0.134. The Kier molecular flexibility index (Phi) is 5.36. The summed E-state index contributed by atoms with van der Waals surface area (Å²) in [7, 11) is -3.48. The average Bonchev–Trinajstić information content (AvgIpc) is 3.16. The molecule has 3 rings (SSSR count). The van der Waals surface area contributed by atoms with E-state index in [2.05, 4.69) is 0 Å². The van der Waals surface area contributed by atoms with Crippen LogP contribution < -0.4 is 4.74 Å². The van der Waals surface area contributed by atoms with Gasteiger partial charge < -0.3 is 9.64 Å². The molecule has 25 heavy (non-hydrogen) atoms. The summed E-state index contributed by atoms with van der Waals surface area (Å²) in [5, 5.41) is 1.72. The molecule has 0 atom stereocenters. The average molecular weight is 384 g/mol. The quantitative estimate of drug-likeness (QED) is 0.788. The van der Waals surface area contributed by atoms with Crippen LogP contribution in [0.25, 0.3) is 0 Å². The Bertz CT molecular complexity index is 814. The Morgan fingerprint density at radius 2 is 1.80 bits per heavy atom. The van der Waals surface area contributed by atoms with Crippen LogP contribution in [0.5, 0.6) is 5.75 Å². The van der Waals surface area contributed by atoms with Crippen LogP contribution >= 0.6 is 11.3 Å². The van der Waals surface area contributed by atoms with E-state index in [0.29, 0.717) is 23.0 Å². The van der Waals surface area contributed by atoms with Crippen LogP contribution in [-0.2, 0) is 14.8 Å². The Balaban J connectivity index is 1.51. The standard InChI is InChI=1S/C16H17FN2O4S2/c17-13-3-5-14(6-4-13)23-12-15(20)18-7-9-19(10-8-18)25(21,22)16-2-1-11-24-16/h1-6,11H,7-10,12H2. The van der Waals surface area contributed by atoms with Crippen molar-refractivity contribution in [1.29, 1.82) is 0 Å². The number of ether oxygens (including phenoxy) is 1. The van der Waals surface area contributed by atoms with Gasteiger partial charge in [-0.15, -0.1) is 11.3 Å². The molecule has 9 heteroatoms. The van der Waals surface area contributed by atoms with Crippen LogP contribution in [-0.4, -0.2) is 56.3 Å². The van der Waals surface area contributed by atoms with Gasteiger partial charge >= 0.3 is 0 Å². The highest BCUT2D eigenvalue weighted by Gasteiger charge is 2.30. The molecule has 1 aromatic carbocycles. The molecule has 1 aliphatic rings. The topological polar surface area (TPSA) is 66.9 Å². The number of benzene rings is 1. The Labute approximate surface area is 149 Å². The molecule has 0 N–H and O–H groups in total. The normalized spacial score (nSPS) is 16.0. The number of hydrogen-bond acceptors (Lipinski definition) is 5. The van der Waals surface area contributed by atoms with Crippen molar-refractivity contribution in [2.24, 2.45) is 0 Å². The van der Waals surface area contributed by atoms with Crippen molar-refractivity contribution in [3.8, 4) is 5.75 Å². The lowest BCUT2D eigenvalue weighted by Crippen LogP contribution is -2.51. The first-order chi connectivity index (χ1) is 12.0. The predicted molar refractivity (Wildman–Crippen MR) is 91.6 cm³/mol. The molecule has 0 radical (unpaired) electrons. The largest absolute Gasteiger partial charge is 0.484 e. The molecule has 1 saturated heterocycles. The molecule has 1 aliphatic heterocycles. The Morgan fingerprint density at radius 1 is 1.12 bits per heavy atom. The van der Waals surface area contributed by atoms with E-state index < -0.39 is 10.0 Å². The van der Waals surface area contributed by atoms with Crippen molar-refractivity contribution in [2.45, 2.75) is 4.21 Å². The van der Waals surface area contributed by atoms with Crippen molar-refractivity contribution in [3.63, 3.8) is 0 Å². The molecule has 1 fully saturated rings. The number of amides is 1. The predicted octanol–water partition coefficient (Wildman–Crippen LogP) is 1.80. The number of halogens is 1. The fraction of sp³-hybridized carbons (Fsp3) is 0.312. The van der Waals surface area contributed by atoms with Crippen molar-refractivity contribution in [3.05, 3.63) is 47.6 Å². The number of nitrogens with zero attached hydrogens (tertiary/aromatic N) is 2. The highest BCUT2D eigenvalue weighted by molar-refractivity contribution is 7.91. The van der Waals surface area contributed by atoms with Crippen molar-refractivity contribution in [2.75, 3.05) is 32.8 Å². The summed E-state index contributed by atoms with van der Waals surface area (Å²) < 4.78 is 44.8. The number of hydrogen-bond donors (Lipinski definition) is 0. The zero-order valence-corrected chi connectivity index (χ0v) is 14.9. The summed E-state index contributed by atoms with van der Waals surface area (Å²) in [5.41, 5.74) is 0. The molecule has 0 unspecified atom stereocenters. The van der Waals surface area contributed by atoms with Crippen LogP contribution in [0.3, 0.4) is 0 Å². The van der Waals surface area contributed by atoms with E-state index in [9.17, 15) is 17.6 Å². The number of piperazine rings is 1. The van der Waals surface area contributed by atoms with E-state index in [4.69, 9.17) is 4.74 Å². The second kappa shape index (κ2) is 7.51. The Morgan fingerprint density at radius 3 is 2.40 bits per heavy atom. The second-order valence-electron chi connectivity index (χ2n) is 5.46. The third-order valence-corrected chi connectivity index (χ3v) is 7.13. The van der Waals surface area contributed by atoms with Gasteiger partial charge in [0.2, 0.25) is 0 Å². The van der Waals surface area contributed by atoms with E-state index in [0.717, 1.165) is 0 Å². The molecule has 2 aromatic rings. The van der Waals surface area contributed by atoms with E-state index in [1.807, 2.05) is 0 Å². The summed E-state index contributed by atoms with van der Waals surface area (Å²) in [6.45, 7) is 0.973. The van der Waals surface area contributed by atoms with Crippen molar-refractivity contribution >= 4 is 27.3 Å². The van der Waals surface area contributed by atoms with Gasteiger partial charge in [0.25, 0.3) is 15.9 Å². The molecule has 1 amide bonds. The van der Waals surface area contributed by atoms with Crippen LogP contribution in [0.2, 0.25) is 0 Å². The van der Waals surface area contributed by atoms with Gasteiger partial charge in [-0.1, -0.05) is 6.07 Å². The zero-order valence-electron chi connectivity index (χ0n) is 13.3. The summed E-state index contributed by atoms with van der Waals surface area (Å²) in [5.74, 6) is -0.187. The van der Waals surface area contributed by atoms with Gasteiger partial charge in [0, 0.05) is 26.2 Å². The smallest absolute Gasteiger partial charge is 0.260 e. The molecule has 1 aromatic heterocycles. The highest BCUT2D eigenvalue weighted by Crippen LogP contribution is 2.22. The van der Waals surface area contributed by atoms with E-state index in [1.54, 1.807) is 22.4 Å². The van der Waals surface area contributed by atoms with Crippen LogP contribution in [0.1, 0.15) is 0 Å². The van der Waals surface area contributed by atoms with E-state index in [1.165, 1.54) is 39.9 Å². The van der Waals surface area contributed by atoms with Gasteiger partial charge in [-0.25, -0.2) is 12.8 Å². The Hall–Kier alpha value is -1.97. The van der Waals surface area contributed by atoms with Gasteiger partial charge in [0.15, 0.2) is 6.61 Å². The molecule has 0 saturated carbocycles. The summed E-state index contributed by atoms with van der Waals surface area (Å²) in [4.78, 5) is 13.8. The summed E-state index contributed by atoms with van der Waals surface area (Å²) in [6, 6.07) is 8.70. The first-order valence-electron chi connectivity index (χ1n) is 7.66. The van der Waals surface area contributed by atoms with Crippen LogP contribution in [0, 0.1) is 5.82 Å². The molecule has 0 bridgehead atoms. The summed E-state index contributed by atoms with van der Waals surface area (Å²) >= 11 is 1.18. The third kappa shape index (κ3) is 4.17. The van der Waals surface area contributed by atoms with Crippen molar-refractivity contribution in [1.82, 2.24) is 9.21 Å². The highest BCUT2D eigenvalue weighted by atomic mass is 32.2. The lowest BCUT2D eigenvalue weighted by Gasteiger charge is -2.33. The maximum Gasteiger partial charge on any atom is 0.260 e. The first-order valence-corrected chi connectivity index (χ1v) is 9.98. The van der Waals surface area contributed by atoms with Crippen molar-refractivity contribution < 1.29 is 22.3 Å². The number of thiophene rings is 1. The first kappa shape index (κ1) is 17.8. The van der Waals surface area contributed by atoms with E-state index >= 15 is 0 Å². The molecule has 0 aliphatic carbocycles. The van der Waals surface area contributed by atoms with Gasteiger partial charge in [-0.3, -0.25) is 4.79 Å². The maximum absolute atomic E-state index is 12.8. The van der Waals surface area contributed by atoms with Gasteiger partial charge in [-0.05, 0) is 35.7 Å². The van der Waals surface area contributed by atoms with Gasteiger partial charge in [0.1, 0.15) is 15.8 Å². The van der Waals surface area contributed by atoms with Crippen LogP contribution in [0.15, 0.2) is 46.0 Å². The number of rotatable bonds is 5. The number of sulfonamides is 1. The number of carbonyl (C=O) groups is 1. The lowest BCUT2D eigenvalue weighted by atomic mass is 10.3. The molecule has 6 nitrogen and oxygen atoms in total.